The van der Waals surface area contributed by atoms with E-state index < -0.39 is 10.1 Å². The summed E-state index contributed by atoms with van der Waals surface area (Å²) >= 11 is 0. The molecular weight excluding hydrogens is 262 g/mol. The van der Waals surface area contributed by atoms with Gasteiger partial charge in [-0.1, -0.05) is 18.6 Å². The molecule has 2 bridgehead atoms. The summed E-state index contributed by atoms with van der Waals surface area (Å²) in [6, 6.07) is -0.130. The lowest BCUT2D eigenvalue weighted by atomic mass is 9.68. The van der Waals surface area contributed by atoms with E-state index in [4.69, 9.17) is 10.3 Å². The average molecular weight is 285 g/mol. The quantitative estimate of drug-likeness (QED) is 0.610. The molecule has 6 atom stereocenters. The first-order valence-corrected chi connectivity index (χ1v) is 8.87. The van der Waals surface area contributed by atoms with Crippen molar-refractivity contribution in [1.82, 2.24) is 0 Å². The Morgan fingerprint density at radius 2 is 2.16 bits per heavy atom. The van der Waals surface area contributed by atoms with Crippen LogP contribution in [-0.2, 0) is 10.1 Å². The third kappa shape index (κ3) is 2.48. The number of rotatable bonds is 4. The number of nitrogens with two attached hydrogens (primary N) is 1. The van der Waals surface area contributed by atoms with Crippen LogP contribution in [0.15, 0.2) is 11.6 Å². The molecule has 0 aromatic heterocycles. The molecule has 0 radical (unpaired) electrons. The van der Waals surface area contributed by atoms with Crippen molar-refractivity contribution < 1.29 is 13.0 Å². The second-order valence-electron chi connectivity index (χ2n) is 6.72. The molecule has 108 valence electrons. The third-order valence-corrected chi connectivity index (χ3v) is 6.29. The zero-order chi connectivity index (χ0) is 13.8. The molecule has 2 fully saturated rings. The van der Waals surface area contributed by atoms with E-state index in [1.807, 2.05) is 0 Å². The van der Waals surface area contributed by atoms with Crippen molar-refractivity contribution in [2.75, 3.05) is 5.75 Å². The zero-order valence-electron chi connectivity index (χ0n) is 11.3. The Balaban J connectivity index is 1.72. The Labute approximate surface area is 115 Å². The molecule has 4 nitrogen and oxygen atoms in total. The highest BCUT2D eigenvalue weighted by molar-refractivity contribution is 7.85. The first-order valence-electron chi connectivity index (χ1n) is 7.26. The normalized spacial score (nSPS) is 42.3. The van der Waals surface area contributed by atoms with Crippen LogP contribution in [0.4, 0.5) is 0 Å². The van der Waals surface area contributed by atoms with Crippen LogP contribution in [0.3, 0.4) is 0 Å². The second kappa shape index (κ2) is 4.57. The molecule has 2 saturated carbocycles. The summed E-state index contributed by atoms with van der Waals surface area (Å²) in [5.74, 6) is 2.88. The van der Waals surface area contributed by atoms with Crippen molar-refractivity contribution in [3.63, 3.8) is 0 Å². The van der Waals surface area contributed by atoms with Gasteiger partial charge in [0.2, 0.25) is 0 Å². The molecule has 6 unspecified atom stereocenters. The van der Waals surface area contributed by atoms with Gasteiger partial charge in [-0.2, -0.15) is 8.42 Å². The minimum absolute atomic E-state index is 0.130. The molecule has 19 heavy (non-hydrogen) atoms. The Morgan fingerprint density at radius 1 is 1.42 bits per heavy atom. The van der Waals surface area contributed by atoms with E-state index >= 15 is 0 Å². The molecule has 0 aromatic carbocycles. The third-order valence-electron chi connectivity index (χ3n) is 5.54. The van der Waals surface area contributed by atoms with Gasteiger partial charge in [0.05, 0.1) is 5.75 Å². The van der Waals surface area contributed by atoms with Gasteiger partial charge in [-0.15, -0.1) is 0 Å². The number of allylic oxidation sites excluding steroid dienone is 2. The van der Waals surface area contributed by atoms with E-state index in [-0.39, 0.29) is 11.8 Å². The maximum absolute atomic E-state index is 10.9. The van der Waals surface area contributed by atoms with Crippen molar-refractivity contribution in [3.8, 4) is 0 Å². The van der Waals surface area contributed by atoms with Crippen molar-refractivity contribution in [2.45, 2.75) is 38.6 Å². The standard InChI is InChI=1S/C14H23NO3S/c1-8-4-9-5-10-6-11(7-12(9)10)14(8)13(15)2-3-19(16,17)18/h4,8,10-14H,2-3,5-7,15H2,1H3,(H,16,17,18). The van der Waals surface area contributed by atoms with E-state index in [1.54, 1.807) is 5.57 Å². The highest BCUT2D eigenvalue weighted by Gasteiger charge is 2.50. The molecule has 3 aliphatic carbocycles. The van der Waals surface area contributed by atoms with Gasteiger partial charge in [0, 0.05) is 6.04 Å². The van der Waals surface area contributed by atoms with E-state index in [9.17, 15) is 8.42 Å². The van der Waals surface area contributed by atoms with E-state index in [0.717, 1.165) is 11.8 Å². The molecule has 0 heterocycles. The predicted molar refractivity (Wildman–Crippen MR) is 74.1 cm³/mol. The van der Waals surface area contributed by atoms with Gasteiger partial charge in [-0.05, 0) is 55.3 Å². The molecule has 0 aromatic rings. The highest BCUT2D eigenvalue weighted by Crippen LogP contribution is 2.58. The van der Waals surface area contributed by atoms with Crippen molar-refractivity contribution in [1.29, 1.82) is 0 Å². The average Bonchev–Trinajstić information content (AvgIpc) is 2.54. The maximum atomic E-state index is 10.9. The Hall–Kier alpha value is -0.390. The Morgan fingerprint density at radius 3 is 2.84 bits per heavy atom. The van der Waals surface area contributed by atoms with Crippen LogP contribution in [0, 0.1) is 29.6 Å². The Bertz CT molecular complexity index is 499. The van der Waals surface area contributed by atoms with Gasteiger partial charge in [0.25, 0.3) is 10.1 Å². The molecule has 0 aliphatic heterocycles. The van der Waals surface area contributed by atoms with Crippen LogP contribution >= 0.6 is 0 Å². The molecule has 3 N–H and O–H groups in total. The molecule has 3 rings (SSSR count). The van der Waals surface area contributed by atoms with Crippen LogP contribution in [-0.4, -0.2) is 24.8 Å². The largest absolute Gasteiger partial charge is 0.327 e. The summed E-state index contributed by atoms with van der Waals surface area (Å²) in [5, 5.41) is 0. The summed E-state index contributed by atoms with van der Waals surface area (Å²) < 4.78 is 30.6. The lowest BCUT2D eigenvalue weighted by Gasteiger charge is -2.38. The summed E-state index contributed by atoms with van der Waals surface area (Å²) in [6.07, 6.45) is 6.53. The fraction of sp³-hybridized carbons (Fsp3) is 0.857. The molecule has 0 saturated heterocycles. The number of hydrogen-bond donors (Lipinski definition) is 2. The lowest BCUT2D eigenvalue weighted by molar-refractivity contribution is 0.217. The molecule has 0 spiro atoms. The van der Waals surface area contributed by atoms with E-state index in [0.29, 0.717) is 24.2 Å². The fourth-order valence-electron chi connectivity index (χ4n) is 4.74. The van der Waals surface area contributed by atoms with Gasteiger partial charge in [-0.25, -0.2) is 0 Å². The first kappa shape index (κ1) is 13.6. The topological polar surface area (TPSA) is 80.4 Å². The smallest absolute Gasteiger partial charge is 0.264 e. The van der Waals surface area contributed by atoms with Crippen molar-refractivity contribution in [2.24, 2.45) is 35.3 Å². The predicted octanol–water partition coefficient (Wildman–Crippen LogP) is 1.83. The Kier molecular flexibility index (Phi) is 3.27. The van der Waals surface area contributed by atoms with Crippen molar-refractivity contribution in [3.05, 3.63) is 11.6 Å². The molecular formula is C14H23NO3S. The highest BCUT2D eigenvalue weighted by atomic mass is 32.2. The van der Waals surface area contributed by atoms with E-state index in [1.165, 1.54) is 19.3 Å². The summed E-state index contributed by atoms with van der Waals surface area (Å²) in [4.78, 5) is 0. The minimum atomic E-state index is -3.90. The SMILES string of the molecule is CC1C=C2CC3CC(CC23)C1C(N)CCS(=O)(=O)O. The number of fused-ring (bicyclic) bond motifs is 1. The van der Waals surface area contributed by atoms with Gasteiger partial charge in [-0.3, -0.25) is 4.55 Å². The van der Waals surface area contributed by atoms with Crippen LogP contribution in [0.1, 0.15) is 32.6 Å². The monoisotopic (exact) mass is 285 g/mol. The zero-order valence-corrected chi connectivity index (χ0v) is 12.1. The first-order chi connectivity index (χ1) is 8.85. The van der Waals surface area contributed by atoms with Crippen LogP contribution in [0.2, 0.25) is 0 Å². The van der Waals surface area contributed by atoms with Crippen molar-refractivity contribution >= 4 is 10.1 Å². The molecule has 0 amide bonds. The summed E-state index contributed by atoms with van der Waals surface area (Å²) in [5.41, 5.74) is 7.87. The van der Waals surface area contributed by atoms with Gasteiger partial charge in [0.1, 0.15) is 0 Å². The number of hydrogen-bond acceptors (Lipinski definition) is 3. The maximum Gasteiger partial charge on any atom is 0.264 e. The van der Waals surface area contributed by atoms with Crippen LogP contribution < -0.4 is 5.73 Å². The second-order valence-corrected chi connectivity index (χ2v) is 8.29. The minimum Gasteiger partial charge on any atom is -0.327 e. The summed E-state index contributed by atoms with van der Waals surface area (Å²) in [7, 11) is -3.90. The molecule has 5 heteroatoms. The van der Waals surface area contributed by atoms with Gasteiger partial charge in [0.15, 0.2) is 0 Å². The van der Waals surface area contributed by atoms with Crippen LogP contribution in [0.5, 0.6) is 0 Å². The van der Waals surface area contributed by atoms with E-state index in [2.05, 4.69) is 13.0 Å². The fourth-order valence-corrected chi connectivity index (χ4v) is 5.31. The summed E-state index contributed by atoms with van der Waals surface area (Å²) in [6.45, 7) is 2.21. The van der Waals surface area contributed by atoms with Gasteiger partial charge >= 0.3 is 0 Å². The molecule has 3 aliphatic rings. The van der Waals surface area contributed by atoms with Gasteiger partial charge < -0.3 is 5.73 Å². The van der Waals surface area contributed by atoms with Crippen LogP contribution in [0.25, 0.3) is 0 Å². The lowest BCUT2D eigenvalue weighted by Crippen LogP contribution is -2.39.